The van der Waals surface area contributed by atoms with E-state index in [4.69, 9.17) is 11.6 Å². The number of halogens is 1. The van der Waals surface area contributed by atoms with E-state index in [0.29, 0.717) is 0 Å². The number of piperidine rings is 1. The van der Waals surface area contributed by atoms with Gasteiger partial charge in [-0.05, 0) is 44.0 Å². The fraction of sp³-hybridized carbons (Fsp3) is 0.500. The van der Waals surface area contributed by atoms with E-state index in [-0.39, 0.29) is 0 Å². The zero-order valence-electron chi connectivity index (χ0n) is 8.91. The lowest BCUT2D eigenvalue weighted by Crippen LogP contribution is -2.42. The van der Waals surface area contributed by atoms with Crippen LogP contribution in [0.15, 0.2) is 24.3 Å². The van der Waals surface area contributed by atoms with Gasteiger partial charge in [0.1, 0.15) is 0 Å². The lowest BCUT2D eigenvalue weighted by Gasteiger charge is -2.37. The Morgan fingerprint density at radius 2 is 1.73 bits per heavy atom. The molecule has 0 bridgehead atoms. The Morgan fingerprint density at radius 3 is 2.27 bits per heavy atom. The van der Waals surface area contributed by atoms with Crippen LogP contribution in [0.5, 0.6) is 0 Å². The van der Waals surface area contributed by atoms with Gasteiger partial charge in [0, 0.05) is 23.8 Å². The Hall–Kier alpha value is -0.730. The smallest absolute Gasteiger partial charge is 0.0653 e. The van der Waals surface area contributed by atoms with E-state index < -0.39 is 5.60 Å². The summed E-state index contributed by atoms with van der Waals surface area (Å²) in [5, 5.41) is 10.6. The molecule has 0 amide bonds. The monoisotopic (exact) mass is 225 g/mol. The Bertz CT molecular complexity index is 324. The van der Waals surface area contributed by atoms with Gasteiger partial charge < -0.3 is 10.0 Å². The fourth-order valence-corrected chi connectivity index (χ4v) is 2.02. The molecule has 2 nitrogen and oxygen atoms in total. The molecule has 0 spiro atoms. The molecule has 1 aliphatic rings. The molecule has 0 radical (unpaired) electrons. The molecule has 0 atom stereocenters. The largest absolute Gasteiger partial charge is 0.390 e. The van der Waals surface area contributed by atoms with Crippen molar-refractivity contribution in [2.24, 2.45) is 0 Å². The highest BCUT2D eigenvalue weighted by Crippen LogP contribution is 2.26. The average Bonchev–Trinajstić information content (AvgIpc) is 2.20. The summed E-state index contributed by atoms with van der Waals surface area (Å²) in [4.78, 5) is 2.29. The van der Waals surface area contributed by atoms with Crippen molar-refractivity contribution in [2.45, 2.75) is 25.4 Å². The number of hydrogen-bond acceptors (Lipinski definition) is 2. The highest BCUT2D eigenvalue weighted by atomic mass is 35.5. The minimum Gasteiger partial charge on any atom is -0.390 e. The summed E-state index contributed by atoms with van der Waals surface area (Å²) in [7, 11) is 0. The molecule has 1 aromatic carbocycles. The van der Waals surface area contributed by atoms with Gasteiger partial charge in [0.05, 0.1) is 5.60 Å². The van der Waals surface area contributed by atoms with Gasteiger partial charge in [-0.25, -0.2) is 0 Å². The lowest BCUT2D eigenvalue weighted by molar-refractivity contribution is 0.0351. The van der Waals surface area contributed by atoms with Crippen molar-refractivity contribution in [3.05, 3.63) is 29.3 Å². The quantitative estimate of drug-likeness (QED) is 0.795. The van der Waals surface area contributed by atoms with Crippen LogP contribution in [0, 0.1) is 0 Å². The maximum absolute atomic E-state index is 9.84. The molecule has 2 rings (SSSR count). The molecular formula is C12H16ClNO. The van der Waals surface area contributed by atoms with Crippen LogP contribution in [0.3, 0.4) is 0 Å². The zero-order chi connectivity index (χ0) is 10.9. The fourth-order valence-electron chi connectivity index (χ4n) is 1.90. The molecular weight excluding hydrogens is 210 g/mol. The van der Waals surface area contributed by atoms with E-state index in [1.54, 1.807) is 0 Å². The van der Waals surface area contributed by atoms with E-state index in [1.807, 2.05) is 31.2 Å². The maximum atomic E-state index is 9.84. The average molecular weight is 226 g/mol. The second-order valence-corrected chi connectivity index (χ2v) is 4.90. The number of rotatable bonds is 1. The highest BCUT2D eigenvalue weighted by molar-refractivity contribution is 6.30. The zero-order valence-corrected chi connectivity index (χ0v) is 9.67. The van der Waals surface area contributed by atoms with Crippen molar-refractivity contribution in [1.29, 1.82) is 0 Å². The van der Waals surface area contributed by atoms with Crippen LogP contribution in [0.25, 0.3) is 0 Å². The number of aliphatic hydroxyl groups is 1. The van der Waals surface area contributed by atoms with Crippen molar-refractivity contribution < 1.29 is 5.11 Å². The summed E-state index contributed by atoms with van der Waals surface area (Å²) in [6.45, 7) is 3.73. The molecule has 1 fully saturated rings. The molecule has 0 aliphatic carbocycles. The van der Waals surface area contributed by atoms with Gasteiger partial charge in [0.15, 0.2) is 0 Å². The number of anilines is 1. The number of nitrogens with zero attached hydrogens (tertiary/aromatic N) is 1. The second-order valence-electron chi connectivity index (χ2n) is 4.46. The minimum atomic E-state index is -0.483. The van der Waals surface area contributed by atoms with Crippen molar-refractivity contribution in [3.8, 4) is 0 Å². The van der Waals surface area contributed by atoms with E-state index in [1.165, 1.54) is 5.69 Å². The molecule has 0 unspecified atom stereocenters. The Labute approximate surface area is 95.5 Å². The third-order valence-corrected chi connectivity index (χ3v) is 3.28. The minimum absolute atomic E-state index is 0.483. The van der Waals surface area contributed by atoms with Gasteiger partial charge in [-0.3, -0.25) is 0 Å². The molecule has 0 saturated carbocycles. The van der Waals surface area contributed by atoms with Crippen LogP contribution in [-0.2, 0) is 0 Å². The maximum Gasteiger partial charge on any atom is 0.0653 e. The van der Waals surface area contributed by atoms with E-state index >= 15 is 0 Å². The lowest BCUT2D eigenvalue weighted by atomic mass is 9.93. The summed E-state index contributed by atoms with van der Waals surface area (Å²) in [6, 6.07) is 7.87. The van der Waals surface area contributed by atoms with Gasteiger partial charge in [0.2, 0.25) is 0 Å². The van der Waals surface area contributed by atoms with Crippen molar-refractivity contribution in [1.82, 2.24) is 0 Å². The number of benzene rings is 1. The van der Waals surface area contributed by atoms with Crippen LogP contribution in [0.2, 0.25) is 5.02 Å². The molecule has 82 valence electrons. The first-order valence-electron chi connectivity index (χ1n) is 5.30. The molecule has 1 saturated heterocycles. The molecule has 1 aliphatic heterocycles. The van der Waals surface area contributed by atoms with Gasteiger partial charge in [-0.2, -0.15) is 0 Å². The Kier molecular flexibility index (Phi) is 2.89. The van der Waals surface area contributed by atoms with Crippen LogP contribution in [0.1, 0.15) is 19.8 Å². The SMILES string of the molecule is CC1(O)CCN(c2ccc(Cl)cc2)CC1. The summed E-state index contributed by atoms with van der Waals surface area (Å²) >= 11 is 5.84. The Balaban J connectivity index is 2.04. The van der Waals surface area contributed by atoms with E-state index in [0.717, 1.165) is 31.0 Å². The normalized spacial score (nSPS) is 20.3. The first-order valence-corrected chi connectivity index (χ1v) is 5.68. The van der Waals surface area contributed by atoms with Gasteiger partial charge >= 0.3 is 0 Å². The first-order chi connectivity index (χ1) is 7.07. The Morgan fingerprint density at radius 1 is 1.20 bits per heavy atom. The predicted molar refractivity (Wildman–Crippen MR) is 63.5 cm³/mol. The molecule has 1 aromatic rings. The summed E-state index contributed by atoms with van der Waals surface area (Å²) < 4.78 is 0. The van der Waals surface area contributed by atoms with Crippen LogP contribution < -0.4 is 4.90 Å². The third kappa shape index (κ3) is 2.64. The van der Waals surface area contributed by atoms with Crippen LogP contribution in [-0.4, -0.2) is 23.8 Å². The van der Waals surface area contributed by atoms with E-state index in [9.17, 15) is 5.11 Å². The standard InChI is InChI=1S/C12H16ClNO/c1-12(15)6-8-14(9-7-12)11-4-2-10(13)3-5-11/h2-5,15H,6-9H2,1H3. The highest BCUT2D eigenvalue weighted by Gasteiger charge is 2.27. The summed E-state index contributed by atoms with van der Waals surface area (Å²) in [5.41, 5.74) is 0.707. The molecule has 0 aromatic heterocycles. The number of hydrogen-bond donors (Lipinski definition) is 1. The van der Waals surface area contributed by atoms with Crippen LogP contribution >= 0.6 is 11.6 Å². The third-order valence-electron chi connectivity index (χ3n) is 3.03. The molecule has 1 N–H and O–H groups in total. The van der Waals surface area contributed by atoms with Crippen LogP contribution in [0.4, 0.5) is 5.69 Å². The molecule has 1 heterocycles. The van der Waals surface area contributed by atoms with Crippen molar-refractivity contribution in [2.75, 3.05) is 18.0 Å². The second kappa shape index (κ2) is 4.03. The van der Waals surface area contributed by atoms with Crippen molar-refractivity contribution in [3.63, 3.8) is 0 Å². The summed E-state index contributed by atoms with van der Waals surface area (Å²) in [6.07, 6.45) is 1.66. The topological polar surface area (TPSA) is 23.5 Å². The predicted octanol–water partition coefficient (Wildman–Crippen LogP) is 2.69. The first kappa shape index (κ1) is 10.8. The molecule has 15 heavy (non-hydrogen) atoms. The van der Waals surface area contributed by atoms with Gasteiger partial charge in [-0.1, -0.05) is 11.6 Å². The molecule has 3 heteroatoms. The van der Waals surface area contributed by atoms with Gasteiger partial charge in [-0.15, -0.1) is 0 Å². The summed E-state index contributed by atoms with van der Waals surface area (Å²) in [5.74, 6) is 0. The van der Waals surface area contributed by atoms with E-state index in [2.05, 4.69) is 4.90 Å². The van der Waals surface area contributed by atoms with Crippen molar-refractivity contribution >= 4 is 17.3 Å². The van der Waals surface area contributed by atoms with Gasteiger partial charge in [0.25, 0.3) is 0 Å².